The molecule has 0 bridgehead atoms. The molecule has 41 heavy (non-hydrogen) atoms. The van der Waals surface area contributed by atoms with Crippen molar-refractivity contribution >= 4 is 40.9 Å². The lowest BCUT2D eigenvalue weighted by molar-refractivity contribution is -0.144. The molecule has 9 nitrogen and oxygen atoms in total. The first-order valence-corrected chi connectivity index (χ1v) is 13.9. The van der Waals surface area contributed by atoms with Gasteiger partial charge in [-0.2, -0.15) is 0 Å². The van der Waals surface area contributed by atoms with Crippen LogP contribution in [0.2, 0.25) is 5.02 Å². The van der Waals surface area contributed by atoms with Crippen LogP contribution in [-0.4, -0.2) is 72.6 Å². The number of methoxy groups -OCH3 is 1. The van der Waals surface area contributed by atoms with Crippen LogP contribution in [0.3, 0.4) is 0 Å². The van der Waals surface area contributed by atoms with Crippen LogP contribution < -0.4 is 15.0 Å². The lowest BCUT2D eigenvalue weighted by atomic mass is 9.90. The molecule has 1 aliphatic heterocycles. The number of amides is 3. The van der Waals surface area contributed by atoms with Crippen LogP contribution in [0.4, 0.5) is 16.2 Å². The van der Waals surface area contributed by atoms with Crippen molar-refractivity contribution in [2.75, 3.05) is 38.7 Å². The van der Waals surface area contributed by atoms with Gasteiger partial charge in [0, 0.05) is 36.8 Å². The second-order valence-corrected chi connectivity index (χ2v) is 10.5. The molecule has 2 atom stereocenters. The fraction of sp³-hybridized carbons (Fsp3) is 0.323. The largest absolute Gasteiger partial charge is 0.496 e. The standard InChI is InChI=1S/C31H35ClN4O5/c1-34(21-23-9-6-7-14-28(23)41-2)18-16-33-29(37)27-19-22(30(38)39)15-17-35(27)31(40)36(25-11-4-3-5-12-25)26-13-8-10-24(32)20-26/h3-14,20,22,27H,15-19,21H2,1-2H3,(H,33,37)(H,38,39)/t22-,27-/m0/s1. The van der Waals surface area contributed by atoms with Gasteiger partial charge in [0.15, 0.2) is 0 Å². The summed E-state index contributed by atoms with van der Waals surface area (Å²) in [5.74, 6) is -1.28. The summed E-state index contributed by atoms with van der Waals surface area (Å²) in [7, 11) is 3.57. The Morgan fingerprint density at radius 1 is 1.02 bits per heavy atom. The minimum Gasteiger partial charge on any atom is -0.496 e. The van der Waals surface area contributed by atoms with E-state index in [4.69, 9.17) is 16.3 Å². The van der Waals surface area contributed by atoms with Gasteiger partial charge in [0.05, 0.1) is 24.4 Å². The van der Waals surface area contributed by atoms with Gasteiger partial charge in [0.2, 0.25) is 5.91 Å². The minimum absolute atomic E-state index is 0.0299. The summed E-state index contributed by atoms with van der Waals surface area (Å²) < 4.78 is 5.43. The number of hydrogen-bond acceptors (Lipinski definition) is 5. The van der Waals surface area contributed by atoms with E-state index >= 15 is 0 Å². The Labute approximate surface area is 245 Å². The Morgan fingerprint density at radius 2 is 1.73 bits per heavy atom. The highest BCUT2D eigenvalue weighted by atomic mass is 35.5. The summed E-state index contributed by atoms with van der Waals surface area (Å²) in [6, 6.07) is 22.4. The predicted octanol–water partition coefficient (Wildman–Crippen LogP) is 5.02. The van der Waals surface area contributed by atoms with Gasteiger partial charge >= 0.3 is 12.0 Å². The first-order chi connectivity index (χ1) is 19.8. The maximum absolute atomic E-state index is 14.1. The number of carbonyl (C=O) groups is 3. The summed E-state index contributed by atoms with van der Waals surface area (Å²) in [4.78, 5) is 44.5. The van der Waals surface area contributed by atoms with Crippen molar-refractivity contribution in [3.8, 4) is 5.75 Å². The monoisotopic (exact) mass is 578 g/mol. The number of carboxylic acids is 1. The van der Waals surface area contributed by atoms with Crippen LogP contribution >= 0.6 is 11.6 Å². The summed E-state index contributed by atoms with van der Waals surface area (Å²) in [6.07, 6.45) is 0.285. The van der Waals surface area contributed by atoms with Crippen molar-refractivity contribution in [2.45, 2.75) is 25.4 Å². The van der Waals surface area contributed by atoms with Crippen LogP contribution in [0.25, 0.3) is 0 Å². The van der Waals surface area contributed by atoms with E-state index in [2.05, 4.69) is 10.2 Å². The summed E-state index contributed by atoms with van der Waals surface area (Å²) >= 11 is 6.26. The van der Waals surface area contributed by atoms with Gasteiger partial charge in [-0.1, -0.05) is 54.1 Å². The molecular formula is C31H35ClN4O5. The number of anilines is 2. The smallest absolute Gasteiger partial charge is 0.329 e. The second-order valence-electron chi connectivity index (χ2n) is 10.0. The first kappa shape index (κ1) is 29.9. The van der Waals surface area contributed by atoms with E-state index in [-0.39, 0.29) is 25.3 Å². The van der Waals surface area contributed by atoms with Gasteiger partial charge in [-0.05, 0) is 56.3 Å². The summed E-state index contributed by atoms with van der Waals surface area (Å²) in [5, 5.41) is 13.1. The number of halogens is 1. The Morgan fingerprint density at radius 3 is 2.44 bits per heavy atom. The number of carboxylic acid groups (broad SMARTS) is 1. The molecule has 1 saturated heterocycles. The molecule has 2 N–H and O–H groups in total. The number of aliphatic carboxylic acids is 1. The molecule has 0 spiro atoms. The Bertz CT molecular complexity index is 1360. The van der Waals surface area contributed by atoms with E-state index in [9.17, 15) is 19.5 Å². The third kappa shape index (κ3) is 7.56. The van der Waals surface area contributed by atoms with E-state index in [1.54, 1.807) is 43.5 Å². The van der Waals surface area contributed by atoms with Crippen LogP contribution in [0.15, 0.2) is 78.9 Å². The number of ether oxygens (including phenoxy) is 1. The van der Waals surface area contributed by atoms with E-state index in [0.717, 1.165) is 11.3 Å². The molecule has 4 rings (SSSR count). The minimum atomic E-state index is -0.971. The number of urea groups is 1. The molecule has 10 heteroatoms. The quantitative estimate of drug-likeness (QED) is 0.350. The highest BCUT2D eigenvalue weighted by molar-refractivity contribution is 6.31. The van der Waals surface area contributed by atoms with Gasteiger partial charge in [-0.3, -0.25) is 14.5 Å². The molecule has 0 aromatic heterocycles. The fourth-order valence-corrected chi connectivity index (χ4v) is 5.23. The highest BCUT2D eigenvalue weighted by Gasteiger charge is 2.40. The third-order valence-electron chi connectivity index (χ3n) is 7.20. The fourth-order valence-electron chi connectivity index (χ4n) is 5.05. The summed E-state index contributed by atoms with van der Waals surface area (Å²) in [6.45, 7) is 1.63. The molecule has 3 amide bonds. The van der Waals surface area contributed by atoms with E-state index in [0.29, 0.717) is 36.0 Å². The van der Waals surface area contributed by atoms with Crippen molar-refractivity contribution in [1.82, 2.24) is 15.1 Å². The number of nitrogens with one attached hydrogen (secondary N) is 1. The van der Waals surface area contributed by atoms with Crippen LogP contribution in [-0.2, 0) is 16.1 Å². The molecule has 216 valence electrons. The average molecular weight is 579 g/mol. The van der Waals surface area contributed by atoms with Crippen LogP contribution in [0.1, 0.15) is 18.4 Å². The second kappa shape index (κ2) is 14.0. The number of likely N-dealkylation sites (tertiary alicyclic amines) is 1. The van der Waals surface area contributed by atoms with Gasteiger partial charge in [-0.15, -0.1) is 0 Å². The first-order valence-electron chi connectivity index (χ1n) is 13.5. The zero-order chi connectivity index (χ0) is 29.4. The maximum atomic E-state index is 14.1. The van der Waals surface area contributed by atoms with Gasteiger partial charge in [0.1, 0.15) is 11.8 Å². The number of carbonyl (C=O) groups excluding carboxylic acids is 2. The number of benzene rings is 3. The molecule has 1 aliphatic rings. The molecule has 0 aliphatic carbocycles. The number of nitrogens with zero attached hydrogens (tertiary/aromatic N) is 3. The average Bonchev–Trinajstić information content (AvgIpc) is 2.97. The zero-order valence-corrected chi connectivity index (χ0v) is 24.0. The Hall–Kier alpha value is -4.08. The predicted molar refractivity (Wildman–Crippen MR) is 159 cm³/mol. The molecule has 0 saturated carbocycles. The summed E-state index contributed by atoms with van der Waals surface area (Å²) in [5.41, 5.74) is 2.18. The van der Waals surface area contributed by atoms with Crippen molar-refractivity contribution in [3.63, 3.8) is 0 Å². The van der Waals surface area contributed by atoms with E-state index in [1.807, 2.05) is 49.5 Å². The van der Waals surface area contributed by atoms with Crippen molar-refractivity contribution in [2.24, 2.45) is 5.92 Å². The topological polar surface area (TPSA) is 102 Å². The Balaban J connectivity index is 1.50. The number of likely N-dealkylation sites (N-methyl/N-ethyl adjacent to an activating group) is 1. The molecule has 1 fully saturated rings. The van der Waals surface area contributed by atoms with Gasteiger partial charge < -0.3 is 25.0 Å². The molecule has 0 unspecified atom stereocenters. The number of para-hydroxylation sites is 2. The van der Waals surface area contributed by atoms with E-state index in [1.165, 1.54) is 9.80 Å². The molecule has 3 aromatic carbocycles. The number of rotatable bonds is 10. The lowest BCUT2D eigenvalue weighted by Crippen LogP contribution is -2.57. The van der Waals surface area contributed by atoms with Gasteiger partial charge in [0.25, 0.3) is 0 Å². The molecule has 3 aromatic rings. The molecule has 0 radical (unpaired) electrons. The zero-order valence-electron chi connectivity index (χ0n) is 23.2. The van der Waals surface area contributed by atoms with Crippen molar-refractivity contribution in [1.29, 1.82) is 0 Å². The number of piperidine rings is 1. The van der Waals surface area contributed by atoms with Crippen LogP contribution in [0.5, 0.6) is 5.75 Å². The van der Waals surface area contributed by atoms with Crippen LogP contribution in [0, 0.1) is 5.92 Å². The van der Waals surface area contributed by atoms with Crippen molar-refractivity contribution < 1.29 is 24.2 Å². The third-order valence-corrected chi connectivity index (χ3v) is 7.43. The SMILES string of the molecule is COc1ccccc1CN(C)CCNC(=O)[C@@H]1C[C@@H](C(=O)O)CCN1C(=O)N(c1ccccc1)c1cccc(Cl)c1. The Kier molecular flexibility index (Phi) is 10.2. The number of hydrogen-bond donors (Lipinski definition) is 2. The molecule has 1 heterocycles. The van der Waals surface area contributed by atoms with E-state index < -0.39 is 24.0 Å². The highest BCUT2D eigenvalue weighted by Crippen LogP contribution is 2.32. The lowest BCUT2D eigenvalue weighted by Gasteiger charge is -2.40. The van der Waals surface area contributed by atoms with Crippen molar-refractivity contribution in [3.05, 3.63) is 89.4 Å². The maximum Gasteiger partial charge on any atom is 0.329 e. The normalized spacial score (nSPS) is 16.7. The molecular weight excluding hydrogens is 544 g/mol. The van der Waals surface area contributed by atoms with Gasteiger partial charge in [-0.25, -0.2) is 4.79 Å².